The van der Waals surface area contributed by atoms with Crippen molar-refractivity contribution in [2.75, 3.05) is 7.11 Å². The van der Waals surface area contributed by atoms with Crippen LogP contribution in [0.1, 0.15) is 22.0 Å². The molecule has 0 bridgehead atoms. The summed E-state index contributed by atoms with van der Waals surface area (Å²) in [6.07, 6.45) is 0.673. The SMILES string of the molecule is C#C[C@@]1(O)[C@@H](c2ccccc2C(=O)OC)OC(O)[C@@H]1O. The summed E-state index contributed by atoms with van der Waals surface area (Å²) in [6, 6.07) is 6.19. The largest absolute Gasteiger partial charge is 0.465 e. The Morgan fingerprint density at radius 1 is 1.45 bits per heavy atom. The van der Waals surface area contributed by atoms with Crippen LogP contribution in [0.15, 0.2) is 24.3 Å². The topological polar surface area (TPSA) is 96.2 Å². The highest BCUT2D eigenvalue weighted by atomic mass is 16.6. The third kappa shape index (κ3) is 2.07. The van der Waals surface area contributed by atoms with Gasteiger partial charge >= 0.3 is 5.97 Å². The summed E-state index contributed by atoms with van der Waals surface area (Å²) in [5, 5.41) is 29.6. The van der Waals surface area contributed by atoms with Gasteiger partial charge in [0, 0.05) is 0 Å². The van der Waals surface area contributed by atoms with Crippen LogP contribution < -0.4 is 0 Å². The van der Waals surface area contributed by atoms with Gasteiger partial charge < -0.3 is 24.8 Å². The van der Waals surface area contributed by atoms with Gasteiger partial charge in [0.15, 0.2) is 11.9 Å². The second-order valence-electron chi connectivity index (χ2n) is 4.40. The maximum atomic E-state index is 11.7. The van der Waals surface area contributed by atoms with E-state index in [0.717, 1.165) is 0 Å². The van der Waals surface area contributed by atoms with Gasteiger partial charge in [0.2, 0.25) is 0 Å². The van der Waals surface area contributed by atoms with Gasteiger partial charge in [0.25, 0.3) is 0 Å². The lowest BCUT2D eigenvalue weighted by atomic mass is 9.87. The lowest BCUT2D eigenvalue weighted by Crippen LogP contribution is -2.43. The number of rotatable bonds is 2. The second kappa shape index (κ2) is 5.23. The van der Waals surface area contributed by atoms with Gasteiger partial charge in [-0.1, -0.05) is 24.1 Å². The van der Waals surface area contributed by atoms with Crippen molar-refractivity contribution in [2.45, 2.75) is 24.1 Å². The number of carbonyl (C=O) groups excluding carboxylic acids is 1. The zero-order chi connectivity index (χ0) is 14.9. The Bertz CT molecular complexity index is 563. The third-order valence-electron chi connectivity index (χ3n) is 3.28. The van der Waals surface area contributed by atoms with Crippen molar-refractivity contribution in [3.63, 3.8) is 0 Å². The molecule has 0 saturated carbocycles. The molecule has 106 valence electrons. The highest BCUT2D eigenvalue weighted by molar-refractivity contribution is 5.91. The number of methoxy groups -OCH3 is 1. The average molecular weight is 278 g/mol. The molecule has 1 unspecified atom stereocenters. The molecule has 1 heterocycles. The van der Waals surface area contributed by atoms with E-state index >= 15 is 0 Å². The highest BCUT2D eigenvalue weighted by Crippen LogP contribution is 2.41. The number of esters is 1. The van der Waals surface area contributed by atoms with Crippen molar-refractivity contribution >= 4 is 5.97 Å². The first-order valence-corrected chi connectivity index (χ1v) is 5.84. The molecule has 0 spiro atoms. The van der Waals surface area contributed by atoms with Crippen LogP contribution in [0.2, 0.25) is 0 Å². The fraction of sp³-hybridized carbons (Fsp3) is 0.357. The van der Waals surface area contributed by atoms with E-state index < -0.39 is 30.1 Å². The summed E-state index contributed by atoms with van der Waals surface area (Å²) >= 11 is 0. The molecular formula is C14H14O6. The first kappa shape index (κ1) is 14.5. The van der Waals surface area contributed by atoms with Gasteiger partial charge in [0.05, 0.1) is 12.7 Å². The summed E-state index contributed by atoms with van der Waals surface area (Å²) in [6.45, 7) is 0. The van der Waals surface area contributed by atoms with E-state index in [9.17, 15) is 20.1 Å². The Morgan fingerprint density at radius 3 is 2.70 bits per heavy atom. The molecule has 4 atom stereocenters. The smallest absolute Gasteiger partial charge is 0.338 e. The number of carbonyl (C=O) groups is 1. The van der Waals surface area contributed by atoms with Crippen molar-refractivity contribution in [2.24, 2.45) is 0 Å². The standard InChI is InChI=1S/C14H14O6/c1-3-14(18)10(15)13(17)20-11(14)8-6-4-5-7-9(8)12(16)19-2/h1,4-7,10-11,13,15,17-18H,2H3/t10-,11+,13?,14-/m0/s1. The van der Waals surface area contributed by atoms with Gasteiger partial charge in [-0.3, -0.25) is 0 Å². The molecule has 1 aliphatic heterocycles. The number of aliphatic hydroxyl groups excluding tert-OH is 2. The van der Waals surface area contributed by atoms with Crippen LogP contribution in [-0.4, -0.2) is 46.4 Å². The molecule has 0 aliphatic carbocycles. The first-order valence-electron chi connectivity index (χ1n) is 5.84. The van der Waals surface area contributed by atoms with Crippen molar-refractivity contribution in [1.29, 1.82) is 0 Å². The van der Waals surface area contributed by atoms with Crippen molar-refractivity contribution in [1.82, 2.24) is 0 Å². The van der Waals surface area contributed by atoms with Crippen LogP contribution in [0.3, 0.4) is 0 Å². The minimum Gasteiger partial charge on any atom is -0.465 e. The molecule has 1 aliphatic rings. The molecule has 6 nitrogen and oxygen atoms in total. The van der Waals surface area contributed by atoms with E-state index in [2.05, 4.69) is 4.74 Å². The predicted molar refractivity (Wildman–Crippen MR) is 67.4 cm³/mol. The van der Waals surface area contributed by atoms with E-state index in [1.54, 1.807) is 12.1 Å². The molecule has 3 N–H and O–H groups in total. The minimum atomic E-state index is -2.14. The molecule has 1 aromatic carbocycles. The van der Waals surface area contributed by atoms with Crippen LogP contribution in [-0.2, 0) is 9.47 Å². The molecule has 6 heteroatoms. The van der Waals surface area contributed by atoms with Gasteiger partial charge in [-0.05, 0) is 11.6 Å². The molecule has 1 aromatic rings. The summed E-state index contributed by atoms with van der Waals surface area (Å²) in [5.41, 5.74) is -1.77. The van der Waals surface area contributed by atoms with Crippen LogP contribution in [0.25, 0.3) is 0 Å². The van der Waals surface area contributed by atoms with Crippen LogP contribution in [0, 0.1) is 12.3 Å². The van der Waals surface area contributed by atoms with Crippen LogP contribution in [0.4, 0.5) is 0 Å². The van der Waals surface area contributed by atoms with E-state index in [1.165, 1.54) is 19.2 Å². The van der Waals surface area contributed by atoms with Gasteiger partial charge in [-0.2, -0.15) is 0 Å². The van der Waals surface area contributed by atoms with Gasteiger partial charge in [0.1, 0.15) is 12.2 Å². The number of hydrogen-bond acceptors (Lipinski definition) is 6. The fourth-order valence-corrected chi connectivity index (χ4v) is 2.18. The molecule has 20 heavy (non-hydrogen) atoms. The molecule has 0 amide bonds. The Hall–Kier alpha value is -1.91. The lowest BCUT2D eigenvalue weighted by Gasteiger charge is -2.26. The molecule has 1 fully saturated rings. The molecule has 0 radical (unpaired) electrons. The number of benzene rings is 1. The monoisotopic (exact) mass is 278 g/mol. The fourth-order valence-electron chi connectivity index (χ4n) is 2.18. The average Bonchev–Trinajstić information content (AvgIpc) is 2.71. The Labute approximate surface area is 115 Å². The summed E-state index contributed by atoms with van der Waals surface area (Å²) < 4.78 is 9.75. The zero-order valence-electron chi connectivity index (χ0n) is 10.7. The summed E-state index contributed by atoms with van der Waals surface area (Å²) in [5.74, 6) is 1.38. The maximum absolute atomic E-state index is 11.7. The lowest BCUT2D eigenvalue weighted by molar-refractivity contribution is -0.128. The summed E-state index contributed by atoms with van der Waals surface area (Å²) in [7, 11) is 1.21. The number of terminal acetylenes is 1. The maximum Gasteiger partial charge on any atom is 0.338 e. The van der Waals surface area contributed by atoms with E-state index in [4.69, 9.17) is 11.2 Å². The quantitative estimate of drug-likeness (QED) is 0.502. The number of ether oxygens (including phenoxy) is 2. The summed E-state index contributed by atoms with van der Waals surface area (Å²) in [4.78, 5) is 11.7. The van der Waals surface area contributed by atoms with Crippen LogP contribution in [0.5, 0.6) is 0 Å². The van der Waals surface area contributed by atoms with Gasteiger partial charge in [-0.25, -0.2) is 4.79 Å². The number of hydrogen-bond donors (Lipinski definition) is 3. The van der Waals surface area contributed by atoms with Crippen molar-refractivity contribution in [3.8, 4) is 12.3 Å². The van der Waals surface area contributed by atoms with E-state index in [0.29, 0.717) is 0 Å². The Kier molecular flexibility index (Phi) is 3.79. The van der Waals surface area contributed by atoms with Crippen molar-refractivity contribution in [3.05, 3.63) is 35.4 Å². The van der Waals surface area contributed by atoms with E-state index in [-0.39, 0.29) is 11.1 Å². The molecule has 2 rings (SSSR count). The zero-order valence-corrected chi connectivity index (χ0v) is 10.7. The van der Waals surface area contributed by atoms with Gasteiger partial charge in [-0.15, -0.1) is 6.42 Å². The molecule has 1 saturated heterocycles. The van der Waals surface area contributed by atoms with Crippen LogP contribution >= 0.6 is 0 Å². The molecule has 0 aromatic heterocycles. The first-order chi connectivity index (χ1) is 9.45. The van der Waals surface area contributed by atoms with Crippen molar-refractivity contribution < 1.29 is 29.6 Å². The Balaban J connectivity index is 2.52. The molecular weight excluding hydrogens is 264 g/mol. The van der Waals surface area contributed by atoms with E-state index in [1.807, 2.05) is 5.92 Å². The second-order valence-corrected chi connectivity index (χ2v) is 4.40. The highest BCUT2D eigenvalue weighted by Gasteiger charge is 2.55. The number of aliphatic hydroxyl groups is 3. The predicted octanol–water partition coefficient (Wildman–Crippen LogP) is -0.412. The third-order valence-corrected chi connectivity index (χ3v) is 3.28. The minimum absolute atomic E-state index is 0.134. The Morgan fingerprint density at radius 2 is 2.10 bits per heavy atom. The normalized spacial score (nSPS) is 32.6.